The first-order valence-corrected chi connectivity index (χ1v) is 6.34. The Bertz CT molecular complexity index is 501. The Morgan fingerprint density at radius 1 is 1.50 bits per heavy atom. The summed E-state index contributed by atoms with van der Waals surface area (Å²) < 4.78 is 2.16. The van der Waals surface area contributed by atoms with Crippen LogP contribution in [0.5, 0.6) is 0 Å². The number of nitrogens with one attached hydrogen (secondary N) is 1. The maximum atomic E-state index is 4.55. The Balaban J connectivity index is 2.02. The minimum absolute atomic E-state index is 0.803. The first kappa shape index (κ1) is 9.92. The molecule has 84 valence electrons. The summed E-state index contributed by atoms with van der Waals surface area (Å²) in [6.45, 7) is 4.82. The molecule has 3 rings (SSSR count). The third-order valence-electron chi connectivity index (χ3n) is 2.71. The number of aromatic nitrogens is 4. The van der Waals surface area contributed by atoms with Crippen molar-refractivity contribution in [2.24, 2.45) is 0 Å². The second-order valence-corrected chi connectivity index (χ2v) is 4.69. The second kappa shape index (κ2) is 3.95. The normalized spacial score (nSPS) is 15.1. The van der Waals surface area contributed by atoms with Gasteiger partial charge >= 0.3 is 0 Å². The van der Waals surface area contributed by atoms with Crippen molar-refractivity contribution in [3.8, 4) is 11.5 Å². The summed E-state index contributed by atoms with van der Waals surface area (Å²) in [5.74, 6) is 1.92. The molecule has 1 aliphatic rings. The van der Waals surface area contributed by atoms with Crippen LogP contribution >= 0.6 is 11.3 Å². The predicted octanol–water partition coefficient (Wildman–Crippen LogP) is 1.07. The van der Waals surface area contributed by atoms with E-state index in [0.29, 0.717) is 0 Å². The number of aryl methyl sites for hydroxylation is 1. The highest BCUT2D eigenvalue weighted by atomic mass is 32.1. The van der Waals surface area contributed by atoms with Gasteiger partial charge in [-0.2, -0.15) is 0 Å². The van der Waals surface area contributed by atoms with Crippen LogP contribution in [0.3, 0.4) is 0 Å². The number of rotatable bonds is 2. The van der Waals surface area contributed by atoms with Gasteiger partial charge in [0.2, 0.25) is 0 Å². The molecule has 0 radical (unpaired) electrons. The van der Waals surface area contributed by atoms with Crippen LogP contribution in [0.15, 0.2) is 5.38 Å². The van der Waals surface area contributed by atoms with Gasteiger partial charge in [0.25, 0.3) is 0 Å². The van der Waals surface area contributed by atoms with Crippen LogP contribution in [0.25, 0.3) is 11.5 Å². The lowest BCUT2D eigenvalue weighted by Gasteiger charge is -2.15. The van der Waals surface area contributed by atoms with Gasteiger partial charge in [0, 0.05) is 18.5 Å². The van der Waals surface area contributed by atoms with Crippen molar-refractivity contribution in [3.63, 3.8) is 0 Å². The van der Waals surface area contributed by atoms with E-state index in [4.69, 9.17) is 0 Å². The Morgan fingerprint density at radius 2 is 2.44 bits per heavy atom. The summed E-state index contributed by atoms with van der Waals surface area (Å²) in [6.07, 6.45) is 0.979. The van der Waals surface area contributed by atoms with Gasteiger partial charge in [-0.1, -0.05) is 6.92 Å². The van der Waals surface area contributed by atoms with Crippen LogP contribution in [0, 0.1) is 0 Å². The van der Waals surface area contributed by atoms with Gasteiger partial charge < -0.3 is 9.88 Å². The fourth-order valence-electron chi connectivity index (χ4n) is 1.86. The summed E-state index contributed by atoms with van der Waals surface area (Å²) >= 11 is 1.69. The van der Waals surface area contributed by atoms with E-state index < -0.39 is 0 Å². The second-order valence-electron chi connectivity index (χ2n) is 3.75. The third-order valence-corrected chi connectivity index (χ3v) is 3.70. The lowest BCUT2D eigenvalue weighted by atomic mass is 10.4. The molecule has 1 N–H and O–H groups in total. The lowest BCUT2D eigenvalue weighted by Crippen LogP contribution is -2.28. The van der Waals surface area contributed by atoms with E-state index >= 15 is 0 Å². The SMILES string of the molecule is CCc1nc(-c2nnc3n2CCNC3)cs1. The molecule has 0 bridgehead atoms. The topological polar surface area (TPSA) is 55.6 Å². The average molecular weight is 235 g/mol. The summed E-state index contributed by atoms with van der Waals surface area (Å²) in [6, 6.07) is 0. The first-order chi connectivity index (χ1) is 7.88. The molecule has 5 nitrogen and oxygen atoms in total. The molecule has 0 fully saturated rings. The molecule has 0 saturated heterocycles. The zero-order valence-corrected chi connectivity index (χ0v) is 9.92. The molecule has 0 saturated carbocycles. The summed E-state index contributed by atoms with van der Waals surface area (Å²) in [7, 11) is 0. The van der Waals surface area contributed by atoms with Crippen molar-refractivity contribution in [1.82, 2.24) is 25.1 Å². The van der Waals surface area contributed by atoms with E-state index in [9.17, 15) is 0 Å². The van der Waals surface area contributed by atoms with Crippen LogP contribution in [0.1, 0.15) is 17.8 Å². The Labute approximate surface area is 97.5 Å². The largest absolute Gasteiger partial charge is 0.308 e. The minimum atomic E-state index is 0.803. The number of fused-ring (bicyclic) bond motifs is 1. The van der Waals surface area contributed by atoms with Crippen LogP contribution < -0.4 is 5.32 Å². The number of thiazole rings is 1. The van der Waals surface area contributed by atoms with Crippen molar-refractivity contribution < 1.29 is 0 Å². The van der Waals surface area contributed by atoms with Crippen molar-refractivity contribution >= 4 is 11.3 Å². The van der Waals surface area contributed by atoms with E-state index in [2.05, 4.69) is 37.4 Å². The smallest absolute Gasteiger partial charge is 0.183 e. The molecule has 0 aromatic carbocycles. The molecule has 0 aliphatic carbocycles. The molecule has 2 aromatic heterocycles. The van der Waals surface area contributed by atoms with E-state index in [1.165, 1.54) is 0 Å². The number of hydrogen-bond acceptors (Lipinski definition) is 5. The molecule has 0 atom stereocenters. The van der Waals surface area contributed by atoms with Crippen molar-refractivity contribution in [2.45, 2.75) is 26.4 Å². The Kier molecular flexibility index (Phi) is 2.45. The number of hydrogen-bond donors (Lipinski definition) is 1. The van der Waals surface area contributed by atoms with Crippen molar-refractivity contribution in [3.05, 3.63) is 16.2 Å². The summed E-state index contributed by atoms with van der Waals surface area (Å²) in [5.41, 5.74) is 0.961. The molecular weight excluding hydrogens is 222 g/mol. The monoisotopic (exact) mass is 235 g/mol. The molecule has 2 aromatic rings. The number of nitrogens with zero attached hydrogens (tertiary/aromatic N) is 4. The first-order valence-electron chi connectivity index (χ1n) is 5.46. The van der Waals surface area contributed by atoms with Crippen molar-refractivity contribution in [1.29, 1.82) is 0 Å². The highest BCUT2D eigenvalue weighted by molar-refractivity contribution is 7.09. The molecule has 0 amide bonds. The van der Waals surface area contributed by atoms with E-state index in [1.807, 2.05) is 0 Å². The van der Waals surface area contributed by atoms with Gasteiger partial charge in [-0.25, -0.2) is 4.98 Å². The fraction of sp³-hybridized carbons (Fsp3) is 0.500. The quantitative estimate of drug-likeness (QED) is 0.846. The van der Waals surface area contributed by atoms with Gasteiger partial charge in [0.1, 0.15) is 11.5 Å². The highest BCUT2D eigenvalue weighted by Gasteiger charge is 2.18. The zero-order chi connectivity index (χ0) is 11.0. The lowest BCUT2D eigenvalue weighted by molar-refractivity contribution is 0.508. The molecule has 1 aliphatic heterocycles. The van der Waals surface area contributed by atoms with Crippen LogP contribution in [0.2, 0.25) is 0 Å². The highest BCUT2D eigenvalue weighted by Crippen LogP contribution is 2.22. The zero-order valence-electron chi connectivity index (χ0n) is 9.10. The Hall–Kier alpha value is -1.27. The van der Waals surface area contributed by atoms with Crippen LogP contribution in [-0.2, 0) is 19.5 Å². The van der Waals surface area contributed by atoms with E-state index in [-0.39, 0.29) is 0 Å². The van der Waals surface area contributed by atoms with Crippen LogP contribution in [0.4, 0.5) is 0 Å². The van der Waals surface area contributed by atoms with E-state index in [1.54, 1.807) is 11.3 Å². The summed E-state index contributed by atoms with van der Waals surface area (Å²) in [4.78, 5) is 4.55. The molecule has 16 heavy (non-hydrogen) atoms. The maximum Gasteiger partial charge on any atom is 0.183 e. The fourth-order valence-corrected chi connectivity index (χ4v) is 2.58. The third kappa shape index (κ3) is 1.54. The van der Waals surface area contributed by atoms with Gasteiger partial charge in [-0.05, 0) is 6.42 Å². The molecule has 0 spiro atoms. The van der Waals surface area contributed by atoms with Gasteiger partial charge in [0.05, 0.1) is 11.6 Å². The van der Waals surface area contributed by atoms with E-state index in [0.717, 1.165) is 48.4 Å². The van der Waals surface area contributed by atoms with Gasteiger partial charge in [-0.3, -0.25) is 0 Å². The molecule has 6 heteroatoms. The van der Waals surface area contributed by atoms with Crippen LogP contribution in [-0.4, -0.2) is 26.3 Å². The standard InChI is InChI=1S/C10H13N5S/c1-2-9-12-7(6-16-9)10-14-13-8-5-11-3-4-15(8)10/h6,11H,2-5H2,1H3. The molecule has 0 unspecified atom stereocenters. The molecule has 3 heterocycles. The molecular formula is C10H13N5S. The summed E-state index contributed by atoms with van der Waals surface area (Å²) in [5, 5.41) is 14.9. The van der Waals surface area contributed by atoms with Gasteiger partial charge in [-0.15, -0.1) is 21.5 Å². The van der Waals surface area contributed by atoms with Crippen molar-refractivity contribution in [2.75, 3.05) is 6.54 Å². The Morgan fingerprint density at radius 3 is 3.25 bits per heavy atom. The average Bonchev–Trinajstić information content (AvgIpc) is 2.94. The minimum Gasteiger partial charge on any atom is -0.308 e. The maximum absolute atomic E-state index is 4.55. The van der Waals surface area contributed by atoms with Gasteiger partial charge in [0.15, 0.2) is 5.82 Å². The predicted molar refractivity (Wildman–Crippen MR) is 62.2 cm³/mol.